The lowest BCUT2D eigenvalue weighted by Crippen LogP contribution is -2.21. The highest BCUT2D eigenvalue weighted by Crippen LogP contribution is 2.37. The van der Waals surface area contributed by atoms with Gasteiger partial charge < -0.3 is 10.6 Å². The second-order valence-electron chi connectivity index (χ2n) is 12.3. The largest absolute Gasteiger partial charge is 0.389 e. The molecule has 0 fully saturated rings. The molecule has 0 bridgehead atoms. The number of allylic oxidation sites excluding steroid dienone is 8. The first-order valence-electron chi connectivity index (χ1n) is 15.0. The molecule has 0 atom stereocenters. The lowest BCUT2D eigenvalue weighted by molar-refractivity contribution is 0.249. The molecule has 38 heavy (non-hydrogen) atoms. The average molecular weight is 522 g/mol. The van der Waals surface area contributed by atoms with Crippen LogP contribution in [0.1, 0.15) is 120 Å². The number of unbranched alkanes of at least 4 members (excludes halogenated alkanes) is 3. The summed E-state index contributed by atoms with van der Waals surface area (Å²) < 4.78 is 0. The van der Waals surface area contributed by atoms with Gasteiger partial charge in [0.2, 0.25) is 0 Å². The van der Waals surface area contributed by atoms with E-state index in [1.165, 1.54) is 67.5 Å². The Morgan fingerprint density at radius 1 is 0.947 bits per heavy atom. The van der Waals surface area contributed by atoms with Gasteiger partial charge in [-0.3, -0.25) is 4.99 Å². The van der Waals surface area contributed by atoms with Gasteiger partial charge in [-0.15, -0.1) is 0 Å². The summed E-state index contributed by atoms with van der Waals surface area (Å²) in [6.07, 6.45) is 22.2. The third-order valence-electron chi connectivity index (χ3n) is 8.07. The molecule has 214 valence electrons. The van der Waals surface area contributed by atoms with Gasteiger partial charge in [0.25, 0.3) is 0 Å². The van der Waals surface area contributed by atoms with E-state index in [1.807, 2.05) is 0 Å². The molecule has 0 aromatic carbocycles. The number of aliphatic imine (C=N–C) groups is 1. The van der Waals surface area contributed by atoms with Crippen molar-refractivity contribution in [3.05, 3.63) is 71.8 Å². The zero-order chi connectivity index (χ0) is 28.6. The lowest BCUT2D eigenvalue weighted by Gasteiger charge is -2.32. The second kappa shape index (κ2) is 17.3. The van der Waals surface area contributed by atoms with E-state index in [0.29, 0.717) is 5.41 Å². The monoisotopic (exact) mass is 521 g/mol. The predicted molar refractivity (Wildman–Crippen MR) is 172 cm³/mol. The molecule has 0 aromatic rings. The molecule has 2 N–H and O–H groups in total. The fraction of sp³-hybridized carbons (Fsp3) is 0.629. The van der Waals surface area contributed by atoms with Crippen molar-refractivity contribution in [1.82, 2.24) is 10.6 Å². The fourth-order valence-electron chi connectivity index (χ4n) is 4.46. The molecule has 1 aliphatic rings. The molecule has 0 aromatic heterocycles. The highest BCUT2D eigenvalue weighted by molar-refractivity contribution is 6.02. The van der Waals surface area contributed by atoms with Crippen molar-refractivity contribution < 1.29 is 0 Å². The van der Waals surface area contributed by atoms with E-state index < -0.39 is 0 Å². The summed E-state index contributed by atoms with van der Waals surface area (Å²) in [5, 5.41) is 7.19. The van der Waals surface area contributed by atoms with E-state index >= 15 is 0 Å². The molecule has 0 spiro atoms. The lowest BCUT2D eigenvalue weighted by atomic mass is 9.74. The molecule has 0 heterocycles. The third-order valence-corrected chi connectivity index (χ3v) is 8.07. The van der Waals surface area contributed by atoms with E-state index in [0.717, 1.165) is 43.7 Å². The van der Waals surface area contributed by atoms with Crippen LogP contribution in [0.15, 0.2) is 76.8 Å². The van der Waals surface area contributed by atoms with Gasteiger partial charge in [-0.2, -0.15) is 0 Å². The molecule has 1 aliphatic carbocycles. The van der Waals surface area contributed by atoms with Gasteiger partial charge in [0.1, 0.15) is 0 Å². The summed E-state index contributed by atoms with van der Waals surface area (Å²) in [5.74, 6) is 0. The molecule has 0 amide bonds. The minimum absolute atomic E-state index is 0.225. The standard InChI is InChI=1S/C35H59N3/c1-11-30-20-16-17-21-33(30)38-32(13-3)31(12-2)37-27-19-15-14-18-26-36-29(6)22-23-34(7,8)24-25-35(9,10)28(4)5/h12-13,16-17,20,36-37H,4,6,11,14-15,18-19,21-27H2,1-3,5,7-10H3/b31-12+,32-13+,38-33?. The number of hydrogen-bond acceptors (Lipinski definition) is 3. The van der Waals surface area contributed by atoms with Crippen molar-refractivity contribution in [2.45, 2.75) is 120 Å². The van der Waals surface area contributed by atoms with Gasteiger partial charge in [-0.1, -0.05) is 96.6 Å². The summed E-state index contributed by atoms with van der Waals surface area (Å²) in [6.45, 7) is 28.4. The minimum Gasteiger partial charge on any atom is -0.389 e. The fourth-order valence-corrected chi connectivity index (χ4v) is 4.46. The Kier molecular flexibility index (Phi) is 15.4. The molecule has 3 heteroatoms. The Bertz CT molecular complexity index is 905. The predicted octanol–water partition coefficient (Wildman–Crippen LogP) is 9.97. The number of nitrogens with zero attached hydrogens (tertiary/aromatic N) is 1. The maximum Gasteiger partial charge on any atom is 0.0818 e. The molecule has 1 rings (SSSR count). The highest BCUT2D eigenvalue weighted by Gasteiger charge is 2.25. The van der Waals surface area contributed by atoms with Crippen LogP contribution >= 0.6 is 0 Å². The summed E-state index contributed by atoms with van der Waals surface area (Å²) in [6, 6.07) is 0. The minimum atomic E-state index is 0.225. The van der Waals surface area contributed by atoms with Crippen molar-refractivity contribution in [3.8, 4) is 0 Å². The molecule has 0 unspecified atom stereocenters. The smallest absolute Gasteiger partial charge is 0.0818 e. The van der Waals surface area contributed by atoms with Gasteiger partial charge in [0.15, 0.2) is 0 Å². The summed E-state index contributed by atoms with van der Waals surface area (Å²) in [4.78, 5) is 5.00. The second-order valence-corrected chi connectivity index (χ2v) is 12.3. The maximum atomic E-state index is 5.00. The Morgan fingerprint density at radius 2 is 1.61 bits per heavy atom. The van der Waals surface area contributed by atoms with Crippen LogP contribution in [0.25, 0.3) is 0 Å². The van der Waals surface area contributed by atoms with E-state index in [1.54, 1.807) is 0 Å². The summed E-state index contributed by atoms with van der Waals surface area (Å²) >= 11 is 0. The van der Waals surface area contributed by atoms with Crippen molar-refractivity contribution in [1.29, 1.82) is 0 Å². The Balaban J connectivity index is 2.25. The zero-order valence-electron chi connectivity index (χ0n) is 26.2. The summed E-state index contributed by atoms with van der Waals surface area (Å²) in [7, 11) is 0. The van der Waals surface area contributed by atoms with Crippen LogP contribution in [0.2, 0.25) is 0 Å². The first kappa shape index (κ1) is 33.7. The van der Waals surface area contributed by atoms with Crippen LogP contribution in [0.4, 0.5) is 0 Å². The van der Waals surface area contributed by atoms with Gasteiger partial charge in [-0.25, -0.2) is 0 Å². The van der Waals surface area contributed by atoms with Crippen LogP contribution in [0.3, 0.4) is 0 Å². The van der Waals surface area contributed by atoms with Crippen LogP contribution in [-0.2, 0) is 0 Å². The Labute approximate surface area is 236 Å². The van der Waals surface area contributed by atoms with Gasteiger partial charge in [0.05, 0.1) is 11.4 Å². The quantitative estimate of drug-likeness (QED) is 0.101. The van der Waals surface area contributed by atoms with Crippen LogP contribution in [0, 0.1) is 10.8 Å². The van der Waals surface area contributed by atoms with Crippen LogP contribution in [-0.4, -0.2) is 18.8 Å². The van der Waals surface area contributed by atoms with E-state index in [4.69, 9.17) is 4.99 Å². The average Bonchev–Trinajstić information content (AvgIpc) is 2.89. The van der Waals surface area contributed by atoms with Crippen LogP contribution < -0.4 is 10.6 Å². The maximum absolute atomic E-state index is 5.00. The van der Waals surface area contributed by atoms with Gasteiger partial charge in [-0.05, 0) is 82.1 Å². The number of nitrogens with one attached hydrogen (secondary N) is 2. The zero-order valence-corrected chi connectivity index (χ0v) is 26.2. The molecular weight excluding hydrogens is 462 g/mol. The summed E-state index contributed by atoms with van der Waals surface area (Å²) in [5.41, 5.74) is 7.73. The Hall–Kier alpha value is -2.29. The Morgan fingerprint density at radius 3 is 2.18 bits per heavy atom. The molecule has 0 radical (unpaired) electrons. The normalized spacial score (nSPS) is 16.0. The number of rotatable bonds is 19. The van der Waals surface area contributed by atoms with Crippen LogP contribution in [0.5, 0.6) is 0 Å². The first-order chi connectivity index (χ1) is 18.0. The van der Waals surface area contributed by atoms with Gasteiger partial charge >= 0.3 is 0 Å². The topological polar surface area (TPSA) is 36.4 Å². The molecule has 0 saturated heterocycles. The van der Waals surface area contributed by atoms with E-state index in [-0.39, 0.29) is 5.41 Å². The molecule has 0 aliphatic heterocycles. The molecule has 3 nitrogen and oxygen atoms in total. The molecular formula is C35H59N3. The van der Waals surface area contributed by atoms with Crippen molar-refractivity contribution >= 4 is 5.71 Å². The van der Waals surface area contributed by atoms with Crippen molar-refractivity contribution in [2.24, 2.45) is 15.8 Å². The third kappa shape index (κ3) is 13.0. The number of hydrogen-bond donors (Lipinski definition) is 2. The SMILES string of the molecule is C=C(CCC(C)(C)CCC(C)(C)C(=C)C)NCCCCCCNC(=C/C)/C(=C\C)N=C1CC=CC=C1CC. The van der Waals surface area contributed by atoms with Crippen molar-refractivity contribution in [3.63, 3.8) is 0 Å². The van der Waals surface area contributed by atoms with E-state index in [2.05, 4.69) is 110 Å². The van der Waals surface area contributed by atoms with Gasteiger partial charge in [0, 0.05) is 30.9 Å². The highest BCUT2D eigenvalue weighted by atomic mass is 14.9. The van der Waals surface area contributed by atoms with E-state index in [9.17, 15) is 0 Å². The molecule has 0 saturated carbocycles. The van der Waals surface area contributed by atoms with Crippen molar-refractivity contribution in [2.75, 3.05) is 13.1 Å². The first-order valence-corrected chi connectivity index (χ1v) is 15.0.